The average molecular weight is 448 g/mol. The van der Waals surface area contributed by atoms with Gasteiger partial charge in [0.1, 0.15) is 5.75 Å². The minimum Gasteiger partial charge on any atom is -0.497 e. The fourth-order valence-electron chi connectivity index (χ4n) is 4.48. The second-order valence-corrected chi connectivity index (χ2v) is 9.18. The molecule has 3 aromatic rings. The van der Waals surface area contributed by atoms with Gasteiger partial charge in [0.15, 0.2) is 0 Å². The van der Waals surface area contributed by atoms with E-state index in [1.807, 2.05) is 41.3 Å². The highest BCUT2D eigenvalue weighted by molar-refractivity contribution is 6.31. The number of methoxy groups -OCH3 is 1. The first-order chi connectivity index (χ1) is 15.5. The molecule has 1 atom stereocenters. The maximum Gasteiger partial charge on any atom is 0.234 e. The van der Waals surface area contributed by atoms with Crippen LogP contribution in [0.3, 0.4) is 0 Å². The minimum atomic E-state index is -0.193. The molecule has 4 rings (SSSR count). The van der Waals surface area contributed by atoms with Crippen molar-refractivity contribution < 1.29 is 9.53 Å². The highest BCUT2D eigenvalue weighted by atomic mass is 35.5. The monoisotopic (exact) mass is 447 g/mol. The van der Waals surface area contributed by atoms with Crippen LogP contribution in [0.1, 0.15) is 60.8 Å². The van der Waals surface area contributed by atoms with Gasteiger partial charge in [-0.2, -0.15) is 0 Å². The molecule has 0 saturated heterocycles. The zero-order valence-corrected chi connectivity index (χ0v) is 19.7. The third kappa shape index (κ3) is 4.68. The highest BCUT2D eigenvalue weighted by Gasteiger charge is 2.31. The molecule has 166 valence electrons. The molecule has 0 radical (unpaired) electrons. The van der Waals surface area contributed by atoms with E-state index < -0.39 is 0 Å². The van der Waals surface area contributed by atoms with Crippen LogP contribution in [0.5, 0.6) is 5.75 Å². The Balaban J connectivity index is 1.73. The van der Waals surface area contributed by atoms with E-state index in [1.54, 1.807) is 7.11 Å². The van der Waals surface area contributed by atoms with Crippen LogP contribution in [0, 0.1) is 0 Å². The number of hydrogen-bond acceptors (Lipinski definition) is 2. The first kappa shape index (κ1) is 22.4. The van der Waals surface area contributed by atoms with Crippen LogP contribution in [0.25, 0.3) is 0 Å². The summed E-state index contributed by atoms with van der Waals surface area (Å²) in [4.78, 5) is 15.9. The predicted octanol–water partition coefficient (Wildman–Crippen LogP) is 7.13. The number of nitrogens with zero attached hydrogens (tertiary/aromatic N) is 1. The number of rotatable bonds is 6. The number of amides is 1. The van der Waals surface area contributed by atoms with E-state index in [0.717, 1.165) is 41.8 Å². The van der Waals surface area contributed by atoms with Crippen LogP contribution in [0.15, 0.2) is 66.7 Å². The molecule has 0 saturated carbocycles. The molecule has 3 aromatic carbocycles. The molecule has 0 spiro atoms. The van der Waals surface area contributed by atoms with Gasteiger partial charge in [-0.1, -0.05) is 61.8 Å². The Morgan fingerprint density at radius 3 is 2.53 bits per heavy atom. The lowest BCUT2D eigenvalue weighted by Crippen LogP contribution is -2.36. The van der Waals surface area contributed by atoms with Gasteiger partial charge in [-0.3, -0.25) is 4.79 Å². The summed E-state index contributed by atoms with van der Waals surface area (Å²) < 4.78 is 5.46. The number of ether oxygens (including phenoxy) is 1. The van der Waals surface area contributed by atoms with Crippen molar-refractivity contribution in [3.63, 3.8) is 0 Å². The first-order valence-corrected chi connectivity index (χ1v) is 11.7. The zero-order valence-electron chi connectivity index (χ0n) is 19.0. The van der Waals surface area contributed by atoms with Gasteiger partial charge in [-0.25, -0.2) is 0 Å². The Bertz CT molecular complexity index is 1090. The third-order valence-corrected chi connectivity index (χ3v) is 6.76. The fourth-order valence-corrected chi connectivity index (χ4v) is 4.68. The van der Waals surface area contributed by atoms with Crippen molar-refractivity contribution in [3.8, 4) is 5.75 Å². The van der Waals surface area contributed by atoms with E-state index >= 15 is 0 Å². The molecule has 0 aromatic heterocycles. The number of halogens is 1. The summed E-state index contributed by atoms with van der Waals surface area (Å²) in [6, 6.07) is 22.2. The smallest absolute Gasteiger partial charge is 0.234 e. The van der Waals surface area contributed by atoms with Gasteiger partial charge in [0.05, 0.1) is 19.6 Å². The lowest BCUT2D eigenvalue weighted by molar-refractivity contribution is -0.120. The van der Waals surface area contributed by atoms with Crippen LogP contribution in [0.2, 0.25) is 5.02 Å². The SMILES string of the molecule is COc1ccc2c(c1)C(C(=O)N(Cc1ccccc1Cl)c1ccc(C(C)C)cc1)CCC2. The molecule has 1 unspecified atom stereocenters. The summed E-state index contributed by atoms with van der Waals surface area (Å²) in [6.45, 7) is 4.79. The van der Waals surface area contributed by atoms with Crippen LogP contribution in [-0.4, -0.2) is 13.0 Å². The summed E-state index contributed by atoms with van der Waals surface area (Å²) in [6.07, 6.45) is 2.83. The van der Waals surface area contributed by atoms with Crippen LogP contribution < -0.4 is 9.64 Å². The van der Waals surface area contributed by atoms with E-state index in [4.69, 9.17) is 16.3 Å². The number of anilines is 1. The maximum atomic E-state index is 14.0. The second-order valence-electron chi connectivity index (χ2n) is 8.77. The molecule has 0 heterocycles. The Kier molecular flexibility index (Phi) is 6.86. The molecule has 1 aliphatic carbocycles. The van der Waals surface area contributed by atoms with E-state index in [1.165, 1.54) is 11.1 Å². The Labute approximate surface area is 196 Å². The summed E-state index contributed by atoms with van der Waals surface area (Å²) in [5, 5.41) is 0.676. The number of fused-ring (bicyclic) bond motifs is 1. The lowest BCUT2D eigenvalue weighted by atomic mass is 9.81. The molecule has 0 N–H and O–H groups in total. The Morgan fingerprint density at radius 2 is 1.84 bits per heavy atom. The zero-order chi connectivity index (χ0) is 22.7. The fraction of sp³-hybridized carbons (Fsp3) is 0.321. The molecule has 4 heteroatoms. The van der Waals surface area contributed by atoms with Crippen molar-refractivity contribution in [3.05, 3.63) is 94.0 Å². The quantitative estimate of drug-likeness (QED) is 0.402. The summed E-state index contributed by atoms with van der Waals surface area (Å²) in [7, 11) is 1.67. The molecule has 1 aliphatic rings. The van der Waals surface area contributed by atoms with E-state index in [-0.39, 0.29) is 11.8 Å². The molecule has 32 heavy (non-hydrogen) atoms. The van der Waals surface area contributed by atoms with Crippen LogP contribution in [-0.2, 0) is 17.8 Å². The number of benzene rings is 3. The summed E-state index contributed by atoms with van der Waals surface area (Å²) in [5.41, 5.74) is 5.42. The number of aryl methyl sites for hydroxylation is 1. The topological polar surface area (TPSA) is 29.5 Å². The molecule has 0 aliphatic heterocycles. The molecular formula is C28H30ClNO2. The Morgan fingerprint density at radius 1 is 1.09 bits per heavy atom. The average Bonchev–Trinajstić information content (AvgIpc) is 2.82. The second kappa shape index (κ2) is 9.79. The van der Waals surface area contributed by atoms with E-state index in [9.17, 15) is 4.79 Å². The van der Waals surface area contributed by atoms with Crippen molar-refractivity contribution in [2.75, 3.05) is 12.0 Å². The van der Waals surface area contributed by atoms with Crippen LogP contribution in [0.4, 0.5) is 5.69 Å². The molecule has 0 fully saturated rings. The number of carbonyl (C=O) groups is 1. The van der Waals surface area contributed by atoms with Gasteiger partial charge in [-0.05, 0) is 77.8 Å². The van der Waals surface area contributed by atoms with Crippen LogP contribution >= 0.6 is 11.6 Å². The largest absolute Gasteiger partial charge is 0.497 e. The minimum absolute atomic E-state index is 0.108. The molecule has 1 amide bonds. The van der Waals surface area contributed by atoms with Gasteiger partial charge in [0.25, 0.3) is 0 Å². The van der Waals surface area contributed by atoms with Gasteiger partial charge in [-0.15, -0.1) is 0 Å². The lowest BCUT2D eigenvalue weighted by Gasteiger charge is -2.32. The standard InChI is InChI=1S/C28H30ClNO2/c1-19(2)20-11-14-23(15-12-20)30(18-22-7-4-5-10-27(22)29)28(31)25-9-6-8-21-13-16-24(32-3)17-26(21)25/h4-5,7,10-17,19,25H,6,8-9,18H2,1-3H3. The van der Waals surface area contributed by atoms with Crippen molar-refractivity contribution in [1.82, 2.24) is 0 Å². The normalized spacial score (nSPS) is 15.3. The van der Waals surface area contributed by atoms with Crippen molar-refractivity contribution >= 4 is 23.2 Å². The van der Waals surface area contributed by atoms with Gasteiger partial charge < -0.3 is 9.64 Å². The third-order valence-electron chi connectivity index (χ3n) is 6.39. The first-order valence-electron chi connectivity index (χ1n) is 11.3. The summed E-state index contributed by atoms with van der Waals surface area (Å²) in [5.74, 6) is 1.15. The maximum absolute atomic E-state index is 14.0. The van der Waals surface area contributed by atoms with E-state index in [2.05, 4.69) is 44.2 Å². The predicted molar refractivity (Wildman–Crippen MR) is 132 cm³/mol. The Hall–Kier alpha value is -2.78. The molecule has 3 nitrogen and oxygen atoms in total. The van der Waals surface area contributed by atoms with Gasteiger partial charge in [0.2, 0.25) is 5.91 Å². The number of carbonyl (C=O) groups excluding carboxylic acids is 1. The van der Waals surface area contributed by atoms with Gasteiger partial charge in [0, 0.05) is 10.7 Å². The number of hydrogen-bond donors (Lipinski definition) is 0. The highest BCUT2D eigenvalue weighted by Crippen LogP contribution is 2.37. The van der Waals surface area contributed by atoms with Crippen molar-refractivity contribution in [2.24, 2.45) is 0 Å². The van der Waals surface area contributed by atoms with Crippen molar-refractivity contribution in [2.45, 2.75) is 51.5 Å². The van der Waals surface area contributed by atoms with Crippen molar-refractivity contribution in [1.29, 1.82) is 0 Å². The molecule has 0 bridgehead atoms. The molecular weight excluding hydrogens is 418 g/mol. The van der Waals surface area contributed by atoms with Gasteiger partial charge >= 0.3 is 0 Å². The van der Waals surface area contributed by atoms with E-state index in [0.29, 0.717) is 17.5 Å². The summed E-state index contributed by atoms with van der Waals surface area (Å²) >= 11 is 6.48.